The van der Waals surface area contributed by atoms with Crippen LogP contribution >= 0.6 is 22.9 Å². The molecule has 130 valence electrons. The maximum atomic E-state index is 13.1. The van der Waals surface area contributed by atoms with Crippen LogP contribution in [0, 0.1) is 5.92 Å². The van der Waals surface area contributed by atoms with Crippen LogP contribution < -0.4 is 10.3 Å². The van der Waals surface area contributed by atoms with Gasteiger partial charge in [-0.15, -0.1) is 11.3 Å². The molecule has 1 unspecified atom stereocenters. The van der Waals surface area contributed by atoms with E-state index in [1.165, 1.54) is 10.4 Å². The van der Waals surface area contributed by atoms with Crippen molar-refractivity contribution in [1.29, 1.82) is 0 Å². The Morgan fingerprint density at radius 1 is 1.44 bits per heavy atom. The Kier molecular flexibility index (Phi) is 4.29. The monoisotopic (exact) mass is 374 g/mol. The second-order valence-electron chi connectivity index (χ2n) is 6.67. The van der Waals surface area contributed by atoms with E-state index in [-0.39, 0.29) is 5.56 Å². The first kappa shape index (κ1) is 16.6. The number of benzene rings is 1. The molecule has 0 spiro atoms. The van der Waals surface area contributed by atoms with Crippen LogP contribution in [0.1, 0.15) is 29.3 Å². The molecule has 2 heterocycles. The maximum Gasteiger partial charge on any atom is 0.262 e. The number of hydrogen-bond donors (Lipinski definition) is 0. The number of nitrogens with zero attached hydrogens (tertiary/aromatic N) is 2. The quantitative estimate of drug-likeness (QED) is 0.686. The van der Waals surface area contributed by atoms with Crippen molar-refractivity contribution in [2.75, 3.05) is 7.11 Å². The second kappa shape index (κ2) is 6.46. The lowest BCUT2D eigenvalue weighted by Crippen LogP contribution is -2.22. The molecular formula is C19H19ClN2O2S. The second-order valence-corrected chi connectivity index (χ2v) is 8.19. The fourth-order valence-electron chi connectivity index (χ4n) is 3.53. The lowest BCUT2D eigenvalue weighted by molar-refractivity contribution is 0.408. The summed E-state index contributed by atoms with van der Waals surface area (Å²) >= 11 is 7.78. The van der Waals surface area contributed by atoms with Gasteiger partial charge in [0.05, 0.1) is 25.4 Å². The minimum atomic E-state index is 0.0269. The third kappa shape index (κ3) is 2.96. The standard InChI is InChI=1S/C19H19ClN2O2S/c1-11-3-5-14-16(7-11)25-18-17(14)19(23)22(10-21-18)9-12-8-13(20)4-6-15(12)24-2/h4,6,8,10-11H,3,5,7,9H2,1-2H3. The summed E-state index contributed by atoms with van der Waals surface area (Å²) in [4.78, 5) is 19.8. The van der Waals surface area contributed by atoms with Crippen molar-refractivity contribution in [3.8, 4) is 5.75 Å². The fraction of sp³-hybridized carbons (Fsp3) is 0.368. The number of ether oxygens (including phenoxy) is 1. The van der Waals surface area contributed by atoms with Crippen molar-refractivity contribution in [2.24, 2.45) is 5.92 Å². The SMILES string of the molecule is COc1ccc(Cl)cc1Cn1cnc2sc3c(c2c1=O)CCC(C)C3. The lowest BCUT2D eigenvalue weighted by atomic mass is 9.89. The molecule has 0 fully saturated rings. The lowest BCUT2D eigenvalue weighted by Gasteiger charge is -2.17. The minimum absolute atomic E-state index is 0.0269. The van der Waals surface area contributed by atoms with Crippen LogP contribution in [0.4, 0.5) is 0 Å². The minimum Gasteiger partial charge on any atom is -0.496 e. The Morgan fingerprint density at radius 2 is 2.28 bits per heavy atom. The number of halogens is 1. The molecule has 1 atom stereocenters. The van der Waals surface area contributed by atoms with Crippen LogP contribution in [-0.2, 0) is 19.4 Å². The van der Waals surface area contributed by atoms with Gasteiger partial charge in [-0.3, -0.25) is 9.36 Å². The molecule has 0 N–H and O–H groups in total. The molecule has 0 saturated carbocycles. The van der Waals surface area contributed by atoms with E-state index >= 15 is 0 Å². The van der Waals surface area contributed by atoms with Crippen molar-refractivity contribution >= 4 is 33.2 Å². The molecule has 1 aliphatic carbocycles. The highest BCUT2D eigenvalue weighted by molar-refractivity contribution is 7.18. The predicted molar refractivity (Wildman–Crippen MR) is 102 cm³/mol. The fourth-order valence-corrected chi connectivity index (χ4v) is 5.07. The summed E-state index contributed by atoms with van der Waals surface area (Å²) in [6, 6.07) is 5.44. The molecule has 1 aliphatic rings. The van der Waals surface area contributed by atoms with Crippen LogP contribution in [-0.4, -0.2) is 16.7 Å². The van der Waals surface area contributed by atoms with Gasteiger partial charge in [0.1, 0.15) is 10.6 Å². The van der Waals surface area contributed by atoms with Gasteiger partial charge >= 0.3 is 0 Å². The van der Waals surface area contributed by atoms with Crippen LogP contribution in [0.15, 0.2) is 29.3 Å². The molecule has 0 radical (unpaired) electrons. The van der Waals surface area contributed by atoms with Crippen molar-refractivity contribution in [3.63, 3.8) is 0 Å². The van der Waals surface area contributed by atoms with Crippen LogP contribution in [0.3, 0.4) is 0 Å². The van der Waals surface area contributed by atoms with Gasteiger partial charge in [-0.2, -0.15) is 0 Å². The van der Waals surface area contributed by atoms with Gasteiger partial charge in [0, 0.05) is 15.5 Å². The zero-order chi connectivity index (χ0) is 17.6. The molecule has 0 aliphatic heterocycles. The summed E-state index contributed by atoms with van der Waals surface area (Å²) in [7, 11) is 1.62. The predicted octanol–water partition coefficient (Wildman–Crippen LogP) is 4.29. The van der Waals surface area contributed by atoms with E-state index < -0.39 is 0 Å². The third-order valence-electron chi connectivity index (χ3n) is 4.87. The van der Waals surface area contributed by atoms with Gasteiger partial charge in [-0.05, 0) is 48.9 Å². The number of thiophene rings is 1. The van der Waals surface area contributed by atoms with E-state index in [0.29, 0.717) is 17.5 Å². The Bertz CT molecular complexity index is 1010. The van der Waals surface area contributed by atoms with Gasteiger partial charge in [-0.1, -0.05) is 18.5 Å². The van der Waals surface area contributed by atoms with E-state index in [2.05, 4.69) is 11.9 Å². The summed E-state index contributed by atoms with van der Waals surface area (Å²) in [5.41, 5.74) is 2.11. The number of fused-ring (bicyclic) bond motifs is 3. The first-order chi connectivity index (χ1) is 12.1. The molecule has 0 bridgehead atoms. The van der Waals surface area contributed by atoms with E-state index in [1.54, 1.807) is 35.4 Å². The molecular weight excluding hydrogens is 356 g/mol. The van der Waals surface area contributed by atoms with Gasteiger partial charge < -0.3 is 4.74 Å². The summed E-state index contributed by atoms with van der Waals surface area (Å²) in [5.74, 6) is 1.40. The van der Waals surface area contributed by atoms with Gasteiger partial charge in [0.25, 0.3) is 5.56 Å². The molecule has 4 nitrogen and oxygen atoms in total. The van der Waals surface area contributed by atoms with Crippen molar-refractivity contribution in [1.82, 2.24) is 9.55 Å². The molecule has 0 amide bonds. The third-order valence-corrected chi connectivity index (χ3v) is 6.26. The molecule has 25 heavy (non-hydrogen) atoms. The largest absolute Gasteiger partial charge is 0.496 e. The van der Waals surface area contributed by atoms with Crippen LogP contribution in [0.2, 0.25) is 5.02 Å². The first-order valence-corrected chi connectivity index (χ1v) is 9.58. The van der Waals surface area contributed by atoms with Gasteiger partial charge in [-0.25, -0.2) is 4.98 Å². The Hall–Kier alpha value is -1.85. The molecule has 1 aromatic carbocycles. The molecule has 0 saturated heterocycles. The number of aryl methyl sites for hydroxylation is 1. The smallest absolute Gasteiger partial charge is 0.262 e. The summed E-state index contributed by atoms with van der Waals surface area (Å²) < 4.78 is 7.05. The highest BCUT2D eigenvalue weighted by Crippen LogP contribution is 2.35. The average Bonchev–Trinajstić information content (AvgIpc) is 2.95. The zero-order valence-electron chi connectivity index (χ0n) is 14.2. The zero-order valence-corrected chi connectivity index (χ0v) is 15.8. The first-order valence-electron chi connectivity index (χ1n) is 8.39. The molecule has 2 aromatic heterocycles. The van der Waals surface area contributed by atoms with Crippen molar-refractivity contribution in [3.05, 3.63) is 55.9 Å². The van der Waals surface area contributed by atoms with Gasteiger partial charge in [0.2, 0.25) is 0 Å². The maximum absolute atomic E-state index is 13.1. The number of methoxy groups -OCH3 is 1. The summed E-state index contributed by atoms with van der Waals surface area (Å²) in [5, 5.41) is 1.43. The molecule has 3 aromatic rings. The molecule has 6 heteroatoms. The number of hydrogen-bond acceptors (Lipinski definition) is 4. The van der Waals surface area contributed by atoms with E-state index in [0.717, 1.165) is 40.8 Å². The van der Waals surface area contributed by atoms with Crippen LogP contribution in [0.25, 0.3) is 10.2 Å². The van der Waals surface area contributed by atoms with E-state index in [1.807, 2.05) is 12.1 Å². The van der Waals surface area contributed by atoms with Crippen LogP contribution in [0.5, 0.6) is 5.75 Å². The normalized spacial score (nSPS) is 16.8. The number of rotatable bonds is 3. The Morgan fingerprint density at radius 3 is 3.08 bits per heavy atom. The van der Waals surface area contributed by atoms with E-state index in [9.17, 15) is 4.79 Å². The highest BCUT2D eigenvalue weighted by atomic mass is 35.5. The average molecular weight is 375 g/mol. The van der Waals surface area contributed by atoms with Crippen molar-refractivity contribution in [2.45, 2.75) is 32.7 Å². The van der Waals surface area contributed by atoms with E-state index in [4.69, 9.17) is 16.3 Å². The Balaban J connectivity index is 1.80. The Labute approximate surface area is 155 Å². The van der Waals surface area contributed by atoms with Crippen molar-refractivity contribution < 1.29 is 4.74 Å². The summed E-state index contributed by atoms with van der Waals surface area (Å²) in [6.07, 6.45) is 4.79. The van der Waals surface area contributed by atoms with Gasteiger partial charge in [0.15, 0.2) is 0 Å². The topological polar surface area (TPSA) is 44.1 Å². The highest BCUT2D eigenvalue weighted by Gasteiger charge is 2.23. The molecule has 4 rings (SSSR count). The summed E-state index contributed by atoms with van der Waals surface area (Å²) in [6.45, 7) is 2.66. The number of aromatic nitrogens is 2.